The topological polar surface area (TPSA) is 117 Å². The lowest BCUT2D eigenvalue weighted by Gasteiger charge is -2.25. The Balaban J connectivity index is 1.74. The first-order valence-electron chi connectivity index (χ1n) is 9.92. The monoisotopic (exact) mass is 401 g/mol. The number of ether oxygens (including phenoxy) is 1. The second-order valence-electron chi connectivity index (χ2n) is 7.31. The van der Waals surface area contributed by atoms with E-state index in [4.69, 9.17) is 10.5 Å². The zero-order valence-electron chi connectivity index (χ0n) is 16.5. The number of aromatic hydroxyl groups is 1. The van der Waals surface area contributed by atoms with Crippen molar-refractivity contribution in [2.75, 3.05) is 18.8 Å². The molecule has 0 amide bonds. The Morgan fingerprint density at radius 3 is 2.83 bits per heavy atom. The fourth-order valence-electron chi connectivity index (χ4n) is 3.81. The van der Waals surface area contributed by atoms with Crippen molar-refractivity contribution >= 4 is 5.82 Å². The predicted octanol–water partition coefficient (Wildman–Crippen LogP) is 3.35. The van der Waals surface area contributed by atoms with Gasteiger partial charge in [0.25, 0.3) is 0 Å². The molecule has 1 fully saturated rings. The van der Waals surface area contributed by atoms with E-state index in [0.29, 0.717) is 29.2 Å². The molecule has 0 spiro atoms. The molecule has 152 valence electrons. The number of nitrogens with two attached hydrogens (primary N) is 1. The zero-order valence-corrected chi connectivity index (χ0v) is 16.5. The Bertz CT molecular complexity index is 1070. The molecule has 7 nitrogen and oxygen atoms in total. The average Bonchev–Trinajstić information content (AvgIpc) is 2.78. The van der Waals surface area contributed by atoms with E-state index in [2.05, 4.69) is 21.4 Å². The van der Waals surface area contributed by atoms with E-state index in [1.54, 1.807) is 30.6 Å². The number of nitrogen functional groups attached to an aromatic ring is 1. The van der Waals surface area contributed by atoms with Crippen LogP contribution in [0.25, 0.3) is 11.3 Å². The summed E-state index contributed by atoms with van der Waals surface area (Å²) in [7, 11) is 0. The van der Waals surface area contributed by atoms with E-state index < -0.39 is 0 Å². The standard InChI is InChI=1S/C23H23N5O2/c24-12-18-17(16-3-2-8-27-13-16)11-19(28-23(18)25)22-20(29)4-1-5-21(22)30-14-15-6-9-26-10-7-15/h1,4-7,9-11,16,27,29H,2-3,8,13-14H2,(H2,25,28). The van der Waals surface area contributed by atoms with Gasteiger partial charge in [-0.25, -0.2) is 4.98 Å². The molecular weight excluding hydrogens is 378 g/mol. The number of rotatable bonds is 5. The van der Waals surface area contributed by atoms with Crippen molar-refractivity contribution in [1.29, 1.82) is 5.26 Å². The summed E-state index contributed by atoms with van der Waals surface area (Å²) in [5, 5.41) is 23.6. The van der Waals surface area contributed by atoms with Gasteiger partial charge in [0.1, 0.15) is 30.0 Å². The summed E-state index contributed by atoms with van der Waals surface area (Å²) in [6.45, 7) is 2.08. The van der Waals surface area contributed by atoms with Gasteiger partial charge in [-0.15, -0.1) is 0 Å². The van der Waals surface area contributed by atoms with Crippen LogP contribution in [0.4, 0.5) is 5.82 Å². The Morgan fingerprint density at radius 1 is 1.27 bits per heavy atom. The Hall–Kier alpha value is -3.63. The fourth-order valence-corrected chi connectivity index (χ4v) is 3.81. The third-order valence-electron chi connectivity index (χ3n) is 5.33. The summed E-state index contributed by atoms with van der Waals surface area (Å²) in [6.07, 6.45) is 5.41. The minimum atomic E-state index is 0.0477. The maximum atomic E-state index is 10.6. The molecule has 0 radical (unpaired) electrons. The summed E-state index contributed by atoms with van der Waals surface area (Å²) >= 11 is 0. The summed E-state index contributed by atoms with van der Waals surface area (Å²) in [6, 6.07) is 12.9. The minimum Gasteiger partial charge on any atom is -0.507 e. The lowest BCUT2D eigenvalue weighted by molar-refractivity contribution is 0.305. The van der Waals surface area contributed by atoms with Crippen molar-refractivity contribution in [1.82, 2.24) is 15.3 Å². The van der Waals surface area contributed by atoms with Crippen LogP contribution in [-0.4, -0.2) is 28.2 Å². The molecule has 1 saturated heterocycles. The van der Waals surface area contributed by atoms with Crippen molar-refractivity contribution in [3.8, 4) is 28.8 Å². The number of benzene rings is 1. The number of pyridine rings is 2. The van der Waals surface area contributed by atoms with Crippen LogP contribution in [0.2, 0.25) is 0 Å². The minimum absolute atomic E-state index is 0.0477. The molecule has 0 aliphatic carbocycles. The molecule has 3 heterocycles. The van der Waals surface area contributed by atoms with Crippen LogP contribution < -0.4 is 15.8 Å². The number of phenolic OH excluding ortho intramolecular Hbond substituents is 1. The number of phenols is 1. The van der Waals surface area contributed by atoms with E-state index >= 15 is 0 Å². The average molecular weight is 401 g/mol. The molecule has 0 bridgehead atoms. The van der Waals surface area contributed by atoms with Crippen LogP contribution in [0.15, 0.2) is 48.8 Å². The SMILES string of the molecule is N#Cc1c(C2CCCNC2)cc(-c2c(O)cccc2OCc2ccncc2)nc1N. The number of nitrogens with zero attached hydrogens (tertiary/aromatic N) is 3. The summed E-state index contributed by atoms with van der Waals surface area (Å²) in [5.74, 6) is 0.881. The van der Waals surface area contributed by atoms with Gasteiger partial charge < -0.3 is 20.9 Å². The molecule has 4 rings (SSSR count). The smallest absolute Gasteiger partial charge is 0.142 e. The van der Waals surface area contributed by atoms with Crippen LogP contribution in [0.1, 0.15) is 35.4 Å². The van der Waals surface area contributed by atoms with Gasteiger partial charge in [0.15, 0.2) is 0 Å². The Kier molecular flexibility index (Phi) is 5.77. The molecule has 7 heteroatoms. The van der Waals surface area contributed by atoms with E-state index in [1.807, 2.05) is 18.2 Å². The summed E-state index contributed by atoms with van der Waals surface area (Å²) < 4.78 is 5.99. The predicted molar refractivity (Wildman–Crippen MR) is 114 cm³/mol. The molecule has 0 saturated carbocycles. The highest BCUT2D eigenvalue weighted by atomic mass is 16.5. The zero-order chi connectivity index (χ0) is 20.9. The Morgan fingerprint density at radius 2 is 2.10 bits per heavy atom. The van der Waals surface area contributed by atoms with Gasteiger partial charge in [-0.2, -0.15) is 5.26 Å². The highest BCUT2D eigenvalue weighted by Crippen LogP contribution is 2.40. The van der Waals surface area contributed by atoms with Gasteiger partial charge in [-0.1, -0.05) is 6.07 Å². The fraction of sp³-hybridized carbons (Fsp3) is 0.261. The first kappa shape index (κ1) is 19.7. The molecule has 4 N–H and O–H groups in total. The second-order valence-corrected chi connectivity index (χ2v) is 7.31. The van der Waals surface area contributed by atoms with E-state index in [-0.39, 0.29) is 17.5 Å². The van der Waals surface area contributed by atoms with E-state index in [0.717, 1.165) is 37.1 Å². The van der Waals surface area contributed by atoms with Gasteiger partial charge in [0.2, 0.25) is 0 Å². The first-order valence-corrected chi connectivity index (χ1v) is 9.92. The van der Waals surface area contributed by atoms with Gasteiger partial charge in [0.05, 0.1) is 16.8 Å². The van der Waals surface area contributed by atoms with Crippen LogP contribution in [-0.2, 0) is 6.61 Å². The normalized spacial score (nSPS) is 16.0. The molecule has 1 atom stereocenters. The van der Waals surface area contributed by atoms with Crippen LogP contribution in [0, 0.1) is 11.3 Å². The number of nitrogens with one attached hydrogen (secondary N) is 1. The molecular formula is C23H23N5O2. The lowest BCUT2D eigenvalue weighted by atomic mass is 9.88. The number of piperidine rings is 1. The van der Waals surface area contributed by atoms with Gasteiger partial charge in [0, 0.05) is 18.9 Å². The Labute approximate surface area is 175 Å². The lowest BCUT2D eigenvalue weighted by Crippen LogP contribution is -2.29. The third-order valence-corrected chi connectivity index (χ3v) is 5.33. The molecule has 2 aromatic heterocycles. The van der Waals surface area contributed by atoms with Crippen molar-refractivity contribution in [2.45, 2.75) is 25.4 Å². The molecule has 3 aromatic rings. The van der Waals surface area contributed by atoms with Crippen molar-refractivity contribution < 1.29 is 9.84 Å². The van der Waals surface area contributed by atoms with E-state index in [9.17, 15) is 10.4 Å². The van der Waals surface area contributed by atoms with Crippen molar-refractivity contribution in [3.63, 3.8) is 0 Å². The number of nitriles is 1. The highest BCUT2D eigenvalue weighted by Gasteiger charge is 2.23. The van der Waals surface area contributed by atoms with E-state index in [1.165, 1.54) is 0 Å². The largest absolute Gasteiger partial charge is 0.507 e. The quantitative estimate of drug-likeness (QED) is 0.600. The maximum Gasteiger partial charge on any atom is 0.142 e. The summed E-state index contributed by atoms with van der Waals surface area (Å²) in [5.41, 5.74) is 9.34. The van der Waals surface area contributed by atoms with Gasteiger partial charge in [-0.05, 0) is 66.8 Å². The molecule has 1 aliphatic heterocycles. The number of hydrogen-bond donors (Lipinski definition) is 3. The summed E-state index contributed by atoms with van der Waals surface area (Å²) in [4.78, 5) is 8.44. The molecule has 30 heavy (non-hydrogen) atoms. The molecule has 1 unspecified atom stereocenters. The van der Waals surface area contributed by atoms with Crippen LogP contribution >= 0.6 is 0 Å². The first-order chi connectivity index (χ1) is 14.7. The van der Waals surface area contributed by atoms with Gasteiger partial charge >= 0.3 is 0 Å². The van der Waals surface area contributed by atoms with Crippen molar-refractivity contribution in [3.05, 3.63) is 65.5 Å². The molecule has 1 aromatic carbocycles. The number of anilines is 1. The highest BCUT2D eigenvalue weighted by molar-refractivity contribution is 5.76. The van der Waals surface area contributed by atoms with Gasteiger partial charge in [-0.3, -0.25) is 4.98 Å². The number of hydrogen-bond acceptors (Lipinski definition) is 7. The number of aromatic nitrogens is 2. The maximum absolute atomic E-state index is 10.6. The van der Waals surface area contributed by atoms with Crippen LogP contribution in [0.3, 0.4) is 0 Å². The molecule has 1 aliphatic rings. The third kappa shape index (κ3) is 4.04. The van der Waals surface area contributed by atoms with Crippen molar-refractivity contribution in [2.24, 2.45) is 0 Å². The van der Waals surface area contributed by atoms with Crippen LogP contribution in [0.5, 0.6) is 11.5 Å². The second kappa shape index (κ2) is 8.80.